The number of amides is 1. The average Bonchev–Trinajstić information content (AvgIpc) is 2.96. The molecule has 2 saturated heterocycles. The fourth-order valence-electron chi connectivity index (χ4n) is 3.66. The highest BCUT2D eigenvalue weighted by Gasteiger charge is 2.28. The van der Waals surface area contributed by atoms with Gasteiger partial charge in [0.1, 0.15) is 0 Å². The Bertz CT molecular complexity index is 470. The Labute approximate surface area is 133 Å². The van der Waals surface area contributed by atoms with Crippen LogP contribution in [0.4, 0.5) is 5.69 Å². The first kappa shape index (κ1) is 15.5. The SMILES string of the molecule is O=C(CN1CCC[C@@H]1CN1CCCCC1)Nc1ccccc1. The van der Waals surface area contributed by atoms with E-state index in [1.807, 2.05) is 30.3 Å². The Morgan fingerprint density at radius 1 is 1.05 bits per heavy atom. The number of nitrogens with zero attached hydrogens (tertiary/aromatic N) is 2. The number of nitrogens with one attached hydrogen (secondary N) is 1. The molecule has 3 rings (SSSR count). The second-order valence-electron chi connectivity index (χ2n) is 6.54. The van der Waals surface area contributed by atoms with Crippen molar-refractivity contribution in [3.8, 4) is 0 Å². The molecule has 1 N–H and O–H groups in total. The highest BCUT2D eigenvalue weighted by atomic mass is 16.2. The summed E-state index contributed by atoms with van der Waals surface area (Å²) in [6.45, 7) is 5.19. The summed E-state index contributed by atoms with van der Waals surface area (Å²) in [4.78, 5) is 17.2. The maximum absolute atomic E-state index is 12.2. The van der Waals surface area contributed by atoms with Crippen LogP contribution in [0.1, 0.15) is 32.1 Å². The third-order valence-electron chi connectivity index (χ3n) is 4.82. The zero-order valence-corrected chi connectivity index (χ0v) is 13.3. The molecule has 0 saturated carbocycles. The average molecular weight is 301 g/mol. The van der Waals surface area contributed by atoms with Crippen molar-refractivity contribution in [2.45, 2.75) is 38.1 Å². The number of benzene rings is 1. The smallest absolute Gasteiger partial charge is 0.238 e. The minimum absolute atomic E-state index is 0.108. The lowest BCUT2D eigenvalue weighted by Gasteiger charge is -2.32. The zero-order valence-electron chi connectivity index (χ0n) is 13.3. The molecule has 1 amide bonds. The molecule has 4 heteroatoms. The second-order valence-corrected chi connectivity index (χ2v) is 6.54. The summed E-state index contributed by atoms with van der Waals surface area (Å²) < 4.78 is 0. The van der Waals surface area contributed by atoms with Crippen LogP contribution < -0.4 is 5.32 Å². The van der Waals surface area contributed by atoms with Crippen molar-refractivity contribution >= 4 is 11.6 Å². The van der Waals surface area contributed by atoms with E-state index in [0.29, 0.717) is 12.6 Å². The third-order valence-corrected chi connectivity index (χ3v) is 4.82. The summed E-state index contributed by atoms with van der Waals surface area (Å²) in [6.07, 6.45) is 6.50. The second kappa shape index (κ2) is 7.75. The van der Waals surface area contributed by atoms with Gasteiger partial charge >= 0.3 is 0 Å². The van der Waals surface area contributed by atoms with Gasteiger partial charge in [-0.25, -0.2) is 0 Å². The first-order valence-electron chi connectivity index (χ1n) is 8.62. The summed E-state index contributed by atoms with van der Waals surface area (Å²) in [5, 5.41) is 3.00. The fraction of sp³-hybridized carbons (Fsp3) is 0.611. The van der Waals surface area contributed by atoms with E-state index in [-0.39, 0.29) is 5.91 Å². The summed E-state index contributed by atoms with van der Waals surface area (Å²) in [6, 6.07) is 10.3. The number of anilines is 1. The van der Waals surface area contributed by atoms with E-state index < -0.39 is 0 Å². The van der Waals surface area contributed by atoms with Crippen molar-refractivity contribution in [1.82, 2.24) is 9.80 Å². The van der Waals surface area contributed by atoms with Gasteiger partial charge in [-0.05, 0) is 57.5 Å². The molecule has 1 atom stereocenters. The largest absolute Gasteiger partial charge is 0.325 e. The van der Waals surface area contributed by atoms with Gasteiger partial charge in [0.2, 0.25) is 5.91 Å². The molecular formula is C18H27N3O. The lowest BCUT2D eigenvalue weighted by Crippen LogP contribution is -2.44. The summed E-state index contributed by atoms with van der Waals surface area (Å²) >= 11 is 0. The molecule has 4 nitrogen and oxygen atoms in total. The molecule has 2 aliphatic rings. The number of hydrogen-bond donors (Lipinski definition) is 1. The van der Waals surface area contributed by atoms with Crippen molar-refractivity contribution < 1.29 is 4.79 Å². The lowest BCUT2D eigenvalue weighted by molar-refractivity contribution is -0.117. The van der Waals surface area contributed by atoms with Crippen LogP contribution in [0.25, 0.3) is 0 Å². The van der Waals surface area contributed by atoms with Crippen molar-refractivity contribution in [2.75, 3.05) is 38.0 Å². The number of carbonyl (C=O) groups is 1. The van der Waals surface area contributed by atoms with Crippen LogP contribution >= 0.6 is 0 Å². The van der Waals surface area contributed by atoms with E-state index in [1.54, 1.807) is 0 Å². The Morgan fingerprint density at radius 2 is 1.82 bits per heavy atom. The first-order chi connectivity index (χ1) is 10.8. The van der Waals surface area contributed by atoms with E-state index in [1.165, 1.54) is 45.2 Å². The van der Waals surface area contributed by atoms with Gasteiger partial charge in [-0.15, -0.1) is 0 Å². The van der Waals surface area contributed by atoms with Crippen LogP contribution in [0.3, 0.4) is 0 Å². The third kappa shape index (κ3) is 4.31. The van der Waals surface area contributed by atoms with Crippen LogP contribution in [0.5, 0.6) is 0 Å². The monoisotopic (exact) mass is 301 g/mol. The zero-order chi connectivity index (χ0) is 15.2. The molecule has 2 aliphatic heterocycles. The van der Waals surface area contributed by atoms with Crippen molar-refractivity contribution in [1.29, 1.82) is 0 Å². The number of hydrogen-bond acceptors (Lipinski definition) is 3. The van der Waals surface area contributed by atoms with Crippen molar-refractivity contribution in [3.05, 3.63) is 30.3 Å². The molecule has 1 aromatic carbocycles. The molecule has 0 bridgehead atoms. The normalized spacial score (nSPS) is 23.5. The van der Waals surface area contributed by atoms with Gasteiger partial charge in [-0.2, -0.15) is 0 Å². The number of piperidine rings is 1. The Morgan fingerprint density at radius 3 is 2.59 bits per heavy atom. The number of carbonyl (C=O) groups excluding carboxylic acids is 1. The van der Waals surface area contributed by atoms with E-state index in [4.69, 9.17) is 0 Å². The molecular weight excluding hydrogens is 274 g/mol. The minimum atomic E-state index is 0.108. The van der Waals surface area contributed by atoms with Gasteiger partial charge < -0.3 is 10.2 Å². The quantitative estimate of drug-likeness (QED) is 0.908. The molecule has 0 spiro atoms. The molecule has 0 aromatic heterocycles. The molecule has 1 aromatic rings. The van der Waals surface area contributed by atoms with Gasteiger partial charge in [-0.1, -0.05) is 24.6 Å². The summed E-state index contributed by atoms with van der Waals surface area (Å²) in [5.74, 6) is 0.108. The van der Waals surface area contributed by atoms with E-state index in [0.717, 1.165) is 18.8 Å². The van der Waals surface area contributed by atoms with Crippen LogP contribution in [-0.2, 0) is 4.79 Å². The maximum Gasteiger partial charge on any atom is 0.238 e. The first-order valence-corrected chi connectivity index (χ1v) is 8.62. The van der Waals surface area contributed by atoms with Crippen LogP contribution in [0.2, 0.25) is 0 Å². The lowest BCUT2D eigenvalue weighted by atomic mass is 10.1. The van der Waals surface area contributed by atoms with Gasteiger partial charge in [0.25, 0.3) is 0 Å². The summed E-state index contributed by atoms with van der Waals surface area (Å²) in [5.41, 5.74) is 0.888. The standard InChI is InChI=1S/C18H27N3O/c22-18(19-16-8-3-1-4-9-16)15-21-13-7-10-17(21)14-20-11-5-2-6-12-20/h1,3-4,8-9,17H,2,5-7,10-15H2,(H,19,22)/t17-/m1/s1. The van der Waals surface area contributed by atoms with Gasteiger partial charge in [0.05, 0.1) is 6.54 Å². The number of para-hydroxylation sites is 1. The van der Waals surface area contributed by atoms with E-state index >= 15 is 0 Å². The molecule has 22 heavy (non-hydrogen) atoms. The molecule has 0 unspecified atom stereocenters. The highest BCUT2D eigenvalue weighted by molar-refractivity contribution is 5.92. The van der Waals surface area contributed by atoms with Crippen LogP contribution in [0.15, 0.2) is 30.3 Å². The van der Waals surface area contributed by atoms with Gasteiger partial charge in [-0.3, -0.25) is 9.69 Å². The molecule has 2 fully saturated rings. The predicted molar refractivity (Wildman–Crippen MR) is 90.0 cm³/mol. The summed E-state index contributed by atoms with van der Waals surface area (Å²) in [7, 11) is 0. The van der Waals surface area contributed by atoms with E-state index in [2.05, 4.69) is 15.1 Å². The molecule has 0 aliphatic carbocycles. The van der Waals surface area contributed by atoms with Crippen molar-refractivity contribution in [3.63, 3.8) is 0 Å². The van der Waals surface area contributed by atoms with Crippen LogP contribution in [-0.4, -0.2) is 54.5 Å². The number of rotatable bonds is 5. The van der Waals surface area contributed by atoms with Crippen LogP contribution in [0, 0.1) is 0 Å². The Hall–Kier alpha value is -1.39. The van der Waals surface area contributed by atoms with Gasteiger partial charge in [0.15, 0.2) is 0 Å². The Kier molecular flexibility index (Phi) is 5.46. The molecule has 120 valence electrons. The topological polar surface area (TPSA) is 35.6 Å². The highest BCUT2D eigenvalue weighted by Crippen LogP contribution is 2.20. The Balaban J connectivity index is 1.48. The molecule has 2 heterocycles. The predicted octanol–water partition coefficient (Wildman–Crippen LogP) is 2.58. The van der Waals surface area contributed by atoms with Gasteiger partial charge in [0, 0.05) is 18.3 Å². The van der Waals surface area contributed by atoms with Crippen molar-refractivity contribution in [2.24, 2.45) is 0 Å². The minimum Gasteiger partial charge on any atom is -0.325 e. The van der Waals surface area contributed by atoms with E-state index in [9.17, 15) is 4.79 Å². The molecule has 0 radical (unpaired) electrons. The number of likely N-dealkylation sites (tertiary alicyclic amines) is 2. The maximum atomic E-state index is 12.2. The fourth-order valence-corrected chi connectivity index (χ4v) is 3.66.